The topological polar surface area (TPSA) is 104 Å². The lowest BCUT2D eigenvalue weighted by atomic mass is 10.2. The molecule has 0 saturated carbocycles. The Bertz CT molecular complexity index is 608. The van der Waals surface area contributed by atoms with E-state index >= 15 is 0 Å². The lowest BCUT2D eigenvalue weighted by Crippen LogP contribution is -2.16. The van der Waals surface area contributed by atoms with Crippen molar-refractivity contribution in [1.29, 1.82) is 0 Å². The third-order valence-corrected chi connectivity index (χ3v) is 3.01. The fraction of sp³-hybridized carbons (Fsp3) is 0.500. The maximum absolute atomic E-state index is 5.44. The molecule has 20 heavy (non-hydrogen) atoms. The van der Waals surface area contributed by atoms with E-state index in [9.17, 15) is 0 Å². The minimum atomic E-state index is 0.231. The maximum Gasteiger partial charge on any atom is 0.323 e. The average molecular weight is 277 g/mol. The number of anilines is 1. The van der Waals surface area contributed by atoms with Gasteiger partial charge in [0.2, 0.25) is 5.95 Å². The predicted molar refractivity (Wildman–Crippen MR) is 74.8 cm³/mol. The Labute approximate surface area is 117 Å². The molecule has 8 heteroatoms. The molecule has 0 unspecified atom stereocenters. The Morgan fingerprint density at radius 2 is 1.95 bits per heavy atom. The summed E-state index contributed by atoms with van der Waals surface area (Å²) in [5, 5.41) is 4.42. The number of hydrazine groups is 1. The van der Waals surface area contributed by atoms with Crippen LogP contribution in [0, 0.1) is 20.8 Å². The second kappa shape index (κ2) is 5.83. The third kappa shape index (κ3) is 2.69. The molecule has 0 radical (unpaired) electrons. The van der Waals surface area contributed by atoms with E-state index in [1.54, 1.807) is 4.68 Å². The molecule has 3 N–H and O–H groups in total. The van der Waals surface area contributed by atoms with E-state index in [1.165, 1.54) is 0 Å². The van der Waals surface area contributed by atoms with Crippen LogP contribution in [0.3, 0.4) is 0 Å². The van der Waals surface area contributed by atoms with Crippen molar-refractivity contribution in [2.75, 3.05) is 12.0 Å². The van der Waals surface area contributed by atoms with Gasteiger partial charge in [0.15, 0.2) is 0 Å². The molecule has 8 nitrogen and oxygen atoms in total. The highest BCUT2D eigenvalue weighted by molar-refractivity contribution is 5.32. The number of hydrogen-bond donors (Lipinski definition) is 2. The number of hydrogen-bond acceptors (Lipinski definition) is 7. The van der Waals surface area contributed by atoms with Gasteiger partial charge in [-0.3, -0.25) is 5.43 Å². The monoisotopic (exact) mass is 277 g/mol. The van der Waals surface area contributed by atoms with E-state index < -0.39 is 0 Å². The first-order chi connectivity index (χ1) is 9.56. The van der Waals surface area contributed by atoms with Crippen molar-refractivity contribution in [3.63, 3.8) is 0 Å². The van der Waals surface area contributed by atoms with Gasteiger partial charge >= 0.3 is 6.01 Å². The highest BCUT2D eigenvalue weighted by Crippen LogP contribution is 2.16. The Kier molecular flexibility index (Phi) is 4.14. The van der Waals surface area contributed by atoms with E-state index in [0.717, 1.165) is 23.4 Å². The van der Waals surface area contributed by atoms with Crippen molar-refractivity contribution in [2.45, 2.75) is 34.1 Å². The number of aryl methyl sites for hydroxylation is 1. The summed E-state index contributed by atoms with van der Waals surface area (Å²) in [5.74, 6) is 6.00. The van der Waals surface area contributed by atoms with Crippen LogP contribution in [0.1, 0.15) is 30.3 Å². The van der Waals surface area contributed by atoms with Crippen molar-refractivity contribution < 1.29 is 4.74 Å². The zero-order valence-electron chi connectivity index (χ0n) is 12.1. The highest BCUT2D eigenvalue weighted by atomic mass is 16.5. The van der Waals surface area contributed by atoms with Crippen LogP contribution in [0.2, 0.25) is 0 Å². The number of nitrogens with zero attached hydrogens (tertiary/aromatic N) is 5. The molecule has 2 rings (SSSR count). The first kappa shape index (κ1) is 14.2. The molecule has 0 bridgehead atoms. The lowest BCUT2D eigenvalue weighted by molar-refractivity contribution is 0.291. The van der Waals surface area contributed by atoms with Gasteiger partial charge in [0.05, 0.1) is 12.3 Å². The van der Waals surface area contributed by atoms with Crippen LogP contribution in [-0.2, 0) is 0 Å². The molecular formula is C12H19N7O. The number of ether oxygens (including phenoxy) is 1. The smallest absolute Gasteiger partial charge is 0.323 e. The van der Waals surface area contributed by atoms with Crippen molar-refractivity contribution >= 4 is 5.95 Å². The Morgan fingerprint density at radius 3 is 2.50 bits per heavy atom. The molecule has 2 heterocycles. The quantitative estimate of drug-likeness (QED) is 0.622. The van der Waals surface area contributed by atoms with Gasteiger partial charge in [0.1, 0.15) is 0 Å². The Balaban J connectivity index is 2.46. The Hall–Kier alpha value is -2.22. The highest BCUT2D eigenvalue weighted by Gasteiger charge is 2.14. The van der Waals surface area contributed by atoms with Crippen molar-refractivity contribution in [3.8, 4) is 12.0 Å². The first-order valence-corrected chi connectivity index (χ1v) is 6.45. The summed E-state index contributed by atoms with van der Waals surface area (Å²) < 4.78 is 7.10. The van der Waals surface area contributed by atoms with E-state index in [-0.39, 0.29) is 12.0 Å². The molecule has 2 aromatic rings. The number of nitrogen functional groups attached to an aromatic ring is 1. The summed E-state index contributed by atoms with van der Waals surface area (Å²) in [6.45, 7) is 8.45. The molecule has 0 aromatic carbocycles. The van der Waals surface area contributed by atoms with Gasteiger partial charge in [-0.15, -0.1) is 0 Å². The van der Waals surface area contributed by atoms with Gasteiger partial charge in [0.25, 0.3) is 5.95 Å². The Morgan fingerprint density at radius 1 is 1.20 bits per heavy atom. The van der Waals surface area contributed by atoms with Gasteiger partial charge in [-0.25, -0.2) is 10.5 Å². The van der Waals surface area contributed by atoms with Crippen LogP contribution in [0.15, 0.2) is 0 Å². The molecule has 0 aliphatic rings. The second-order valence-electron chi connectivity index (χ2n) is 4.44. The normalized spacial score (nSPS) is 10.7. The van der Waals surface area contributed by atoms with E-state index in [2.05, 4.69) is 25.5 Å². The largest absolute Gasteiger partial charge is 0.463 e. The number of nitrogens with two attached hydrogens (primary N) is 1. The van der Waals surface area contributed by atoms with E-state index in [1.807, 2.05) is 27.7 Å². The van der Waals surface area contributed by atoms with Crippen LogP contribution in [-0.4, -0.2) is 31.3 Å². The first-order valence-electron chi connectivity index (χ1n) is 6.45. The van der Waals surface area contributed by atoms with Crippen LogP contribution in [0.25, 0.3) is 5.95 Å². The van der Waals surface area contributed by atoms with E-state index in [0.29, 0.717) is 12.6 Å². The van der Waals surface area contributed by atoms with Gasteiger partial charge in [0, 0.05) is 5.69 Å². The molecule has 2 aromatic heterocycles. The van der Waals surface area contributed by atoms with E-state index in [4.69, 9.17) is 10.6 Å². The third-order valence-electron chi connectivity index (χ3n) is 3.01. The summed E-state index contributed by atoms with van der Waals surface area (Å²) in [6.07, 6.45) is 0.866. The second-order valence-corrected chi connectivity index (χ2v) is 4.44. The van der Waals surface area contributed by atoms with Crippen LogP contribution in [0.4, 0.5) is 5.95 Å². The molecule has 0 amide bonds. The molecule has 0 fully saturated rings. The summed E-state index contributed by atoms with van der Waals surface area (Å²) in [5.41, 5.74) is 5.41. The van der Waals surface area contributed by atoms with Gasteiger partial charge in [-0.2, -0.15) is 20.1 Å². The zero-order valence-corrected chi connectivity index (χ0v) is 12.1. The van der Waals surface area contributed by atoms with Crippen LogP contribution >= 0.6 is 0 Å². The lowest BCUT2D eigenvalue weighted by Gasteiger charge is -2.08. The number of aromatic nitrogens is 5. The molecule has 0 aliphatic heterocycles. The molecule has 0 aliphatic carbocycles. The molecule has 0 saturated heterocycles. The van der Waals surface area contributed by atoms with Crippen molar-refractivity contribution in [1.82, 2.24) is 24.7 Å². The fourth-order valence-electron chi connectivity index (χ4n) is 1.68. The van der Waals surface area contributed by atoms with Gasteiger partial charge in [-0.05, 0) is 32.8 Å². The number of rotatable bonds is 5. The average Bonchev–Trinajstić information content (AvgIpc) is 2.72. The van der Waals surface area contributed by atoms with Gasteiger partial charge < -0.3 is 4.74 Å². The summed E-state index contributed by atoms with van der Waals surface area (Å²) >= 11 is 0. The number of nitrogens with one attached hydrogen (secondary N) is 1. The standard InChI is InChI=1S/C12H19N7O/c1-5-6-20-12-15-10(17-13)14-11(16-12)19-9(4)7(2)8(3)18-19/h5-6,13H2,1-4H3,(H,14,15,16,17). The molecule has 108 valence electrons. The van der Waals surface area contributed by atoms with Gasteiger partial charge in [-0.1, -0.05) is 6.92 Å². The van der Waals surface area contributed by atoms with Crippen molar-refractivity contribution in [2.24, 2.45) is 5.84 Å². The summed E-state index contributed by atoms with van der Waals surface area (Å²) in [7, 11) is 0. The fourth-order valence-corrected chi connectivity index (χ4v) is 1.68. The minimum absolute atomic E-state index is 0.231. The summed E-state index contributed by atoms with van der Waals surface area (Å²) in [4.78, 5) is 12.5. The van der Waals surface area contributed by atoms with Crippen LogP contribution < -0.4 is 16.0 Å². The SMILES string of the molecule is CCCOc1nc(NN)nc(-n2nc(C)c(C)c2C)n1. The van der Waals surface area contributed by atoms with Crippen LogP contribution in [0.5, 0.6) is 6.01 Å². The molecule has 0 spiro atoms. The van der Waals surface area contributed by atoms with Crippen molar-refractivity contribution in [3.05, 3.63) is 17.0 Å². The summed E-state index contributed by atoms with van der Waals surface area (Å²) in [6, 6.07) is 0.231. The predicted octanol–water partition coefficient (Wildman–Crippen LogP) is 1.06. The molecule has 0 atom stereocenters. The minimum Gasteiger partial charge on any atom is -0.463 e. The molecular weight excluding hydrogens is 258 g/mol. The maximum atomic E-state index is 5.44. The zero-order chi connectivity index (χ0) is 14.7.